The Labute approximate surface area is 131 Å². The molecule has 0 spiro atoms. The van der Waals surface area contributed by atoms with E-state index in [4.69, 9.17) is 16.3 Å². The third-order valence-electron chi connectivity index (χ3n) is 3.17. The summed E-state index contributed by atoms with van der Waals surface area (Å²) < 4.78 is 0. The van der Waals surface area contributed by atoms with E-state index in [0.717, 1.165) is 6.07 Å². The fourth-order valence-corrected chi connectivity index (χ4v) is 1.87. The molecule has 0 bridgehead atoms. The summed E-state index contributed by atoms with van der Waals surface area (Å²) in [4.78, 5) is 26.7. The third kappa shape index (κ3) is 3.62. The van der Waals surface area contributed by atoms with E-state index in [9.17, 15) is 14.9 Å². The predicted molar refractivity (Wildman–Crippen MR) is 84.8 cm³/mol. The lowest BCUT2D eigenvalue weighted by Crippen LogP contribution is -2.17. The van der Waals surface area contributed by atoms with E-state index >= 15 is 0 Å². The number of hydrogen-bond acceptors (Lipinski definition) is 6. The fourth-order valence-electron chi connectivity index (χ4n) is 1.87. The average Bonchev–Trinajstić information content (AvgIpc) is 2.55. The molecular weight excluding hydrogens is 300 g/mol. The predicted octanol–water partition coefficient (Wildman–Crippen LogP) is 1.96. The molecule has 0 amide bonds. The summed E-state index contributed by atoms with van der Waals surface area (Å²) in [6, 6.07) is 10.2. The van der Waals surface area contributed by atoms with Crippen LogP contribution < -0.4 is 11.5 Å². The zero-order valence-electron chi connectivity index (χ0n) is 12.2. The van der Waals surface area contributed by atoms with E-state index in [-0.39, 0.29) is 17.1 Å². The summed E-state index contributed by atoms with van der Waals surface area (Å²) in [7, 11) is 0. The Morgan fingerprint density at radius 2 is 1.96 bits per heavy atom. The molecule has 8 heteroatoms. The van der Waals surface area contributed by atoms with Gasteiger partial charge < -0.3 is 16.3 Å². The van der Waals surface area contributed by atoms with Crippen molar-refractivity contribution in [3.05, 3.63) is 69.3 Å². The van der Waals surface area contributed by atoms with E-state index in [2.05, 4.69) is 5.16 Å². The molecule has 2 rings (SSSR count). The number of hydrogen-bond donors (Lipinski definition) is 2. The fraction of sp³-hybridized carbons (Fsp3) is 0.0667. The number of nitro benzene ring substituents is 1. The number of amidine groups is 1. The van der Waals surface area contributed by atoms with Gasteiger partial charge in [-0.2, -0.15) is 0 Å². The number of benzene rings is 2. The molecule has 0 heterocycles. The first kappa shape index (κ1) is 16.0. The number of anilines is 1. The number of nitrogens with zero attached hydrogens (tertiary/aromatic N) is 2. The molecule has 0 aromatic heterocycles. The van der Waals surface area contributed by atoms with E-state index in [1.807, 2.05) is 0 Å². The second kappa shape index (κ2) is 6.56. The van der Waals surface area contributed by atoms with Crippen LogP contribution in [0.3, 0.4) is 0 Å². The Hall–Kier alpha value is -3.42. The van der Waals surface area contributed by atoms with Gasteiger partial charge in [-0.1, -0.05) is 23.4 Å². The van der Waals surface area contributed by atoms with Crippen LogP contribution >= 0.6 is 0 Å². The minimum absolute atomic E-state index is 0.0000440. The first-order chi connectivity index (χ1) is 10.9. The topological polar surface area (TPSA) is 134 Å². The maximum Gasteiger partial charge on any atom is 0.366 e. The number of non-ortho nitro benzene ring substituents is 1. The molecule has 0 aliphatic carbocycles. The van der Waals surface area contributed by atoms with Gasteiger partial charge in [-0.3, -0.25) is 10.1 Å². The molecule has 2 aromatic rings. The standard InChI is InChI=1S/C15H14N4O4/c1-9-12(6-3-7-13(9)16)14(17)18-23-15(20)10-4-2-5-11(8-10)19(21)22/h2-8H,16H2,1H3,(H2,17,18). The van der Waals surface area contributed by atoms with Crippen LogP contribution in [0.25, 0.3) is 0 Å². The second-order valence-corrected chi connectivity index (χ2v) is 4.68. The number of nitrogens with two attached hydrogens (primary N) is 2. The number of carbonyl (C=O) groups is 1. The van der Waals surface area contributed by atoms with Crippen LogP contribution in [0.2, 0.25) is 0 Å². The molecule has 4 N–H and O–H groups in total. The Balaban J connectivity index is 2.19. The first-order valence-electron chi connectivity index (χ1n) is 6.55. The lowest BCUT2D eigenvalue weighted by atomic mass is 10.1. The number of rotatable bonds is 4. The zero-order chi connectivity index (χ0) is 17.0. The van der Waals surface area contributed by atoms with Crippen LogP contribution in [0.4, 0.5) is 11.4 Å². The molecule has 0 saturated heterocycles. The molecule has 8 nitrogen and oxygen atoms in total. The largest absolute Gasteiger partial charge is 0.398 e. The molecule has 0 aliphatic heterocycles. The smallest absolute Gasteiger partial charge is 0.366 e. The SMILES string of the molecule is Cc1c(N)cccc1/C(N)=N/OC(=O)c1cccc([N+](=O)[O-])c1. The van der Waals surface area contributed by atoms with Crippen molar-refractivity contribution in [2.24, 2.45) is 10.9 Å². The van der Waals surface area contributed by atoms with Crippen molar-refractivity contribution in [1.82, 2.24) is 0 Å². The Bertz CT molecular complexity index is 802. The van der Waals surface area contributed by atoms with Crippen molar-refractivity contribution < 1.29 is 14.6 Å². The van der Waals surface area contributed by atoms with Crippen LogP contribution in [0, 0.1) is 17.0 Å². The monoisotopic (exact) mass is 314 g/mol. The summed E-state index contributed by atoms with van der Waals surface area (Å²) in [5.74, 6) is -0.869. The number of carbonyl (C=O) groups excluding carboxylic acids is 1. The maximum atomic E-state index is 11.9. The van der Waals surface area contributed by atoms with Gasteiger partial charge in [-0.25, -0.2) is 4.79 Å². The van der Waals surface area contributed by atoms with Crippen molar-refractivity contribution >= 4 is 23.2 Å². The molecule has 0 radical (unpaired) electrons. The summed E-state index contributed by atoms with van der Waals surface area (Å²) in [6.07, 6.45) is 0. The van der Waals surface area contributed by atoms with E-state index in [0.29, 0.717) is 16.8 Å². The third-order valence-corrected chi connectivity index (χ3v) is 3.17. The quantitative estimate of drug-likeness (QED) is 0.221. The highest BCUT2D eigenvalue weighted by molar-refractivity contribution is 6.00. The molecule has 2 aromatic carbocycles. The minimum atomic E-state index is -0.849. The zero-order valence-corrected chi connectivity index (χ0v) is 12.2. The summed E-state index contributed by atoms with van der Waals surface area (Å²) >= 11 is 0. The molecule has 0 atom stereocenters. The van der Waals surface area contributed by atoms with E-state index in [1.54, 1.807) is 25.1 Å². The molecule has 0 aliphatic rings. The van der Waals surface area contributed by atoms with Gasteiger partial charge in [0, 0.05) is 23.4 Å². The number of nitrogen functional groups attached to an aromatic ring is 1. The molecule has 0 unspecified atom stereocenters. The van der Waals surface area contributed by atoms with Gasteiger partial charge in [-0.05, 0) is 24.6 Å². The van der Waals surface area contributed by atoms with E-state index < -0.39 is 10.9 Å². The van der Waals surface area contributed by atoms with E-state index in [1.165, 1.54) is 18.2 Å². The highest BCUT2D eigenvalue weighted by Gasteiger charge is 2.13. The van der Waals surface area contributed by atoms with Crippen LogP contribution in [0.5, 0.6) is 0 Å². The van der Waals surface area contributed by atoms with Crippen molar-refractivity contribution in [1.29, 1.82) is 0 Å². The van der Waals surface area contributed by atoms with Gasteiger partial charge in [0.1, 0.15) is 0 Å². The highest BCUT2D eigenvalue weighted by Crippen LogP contribution is 2.16. The van der Waals surface area contributed by atoms with Crippen molar-refractivity contribution in [3.63, 3.8) is 0 Å². The second-order valence-electron chi connectivity index (χ2n) is 4.68. The molecule has 0 saturated carbocycles. The molecule has 118 valence electrons. The van der Waals surface area contributed by atoms with Crippen molar-refractivity contribution in [2.45, 2.75) is 6.92 Å². The highest BCUT2D eigenvalue weighted by atomic mass is 16.7. The normalized spacial score (nSPS) is 11.1. The minimum Gasteiger partial charge on any atom is -0.398 e. The molecular formula is C15H14N4O4. The lowest BCUT2D eigenvalue weighted by Gasteiger charge is -2.07. The van der Waals surface area contributed by atoms with Gasteiger partial charge in [0.25, 0.3) is 5.69 Å². The van der Waals surface area contributed by atoms with Gasteiger partial charge in [0.15, 0.2) is 5.84 Å². The number of oxime groups is 1. The van der Waals surface area contributed by atoms with Crippen LogP contribution in [0.15, 0.2) is 47.6 Å². The summed E-state index contributed by atoms with van der Waals surface area (Å²) in [5, 5.41) is 14.3. The summed E-state index contributed by atoms with van der Waals surface area (Å²) in [6.45, 7) is 1.76. The number of nitro groups is 1. The van der Waals surface area contributed by atoms with Crippen LogP contribution in [-0.4, -0.2) is 16.7 Å². The van der Waals surface area contributed by atoms with Crippen molar-refractivity contribution in [2.75, 3.05) is 5.73 Å². The summed E-state index contributed by atoms with van der Waals surface area (Å²) in [5.41, 5.74) is 13.1. The van der Waals surface area contributed by atoms with Crippen LogP contribution in [-0.2, 0) is 4.84 Å². The Morgan fingerprint density at radius 1 is 1.26 bits per heavy atom. The Morgan fingerprint density at radius 3 is 2.65 bits per heavy atom. The van der Waals surface area contributed by atoms with Gasteiger partial charge in [-0.15, -0.1) is 0 Å². The first-order valence-corrected chi connectivity index (χ1v) is 6.55. The molecule has 23 heavy (non-hydrogen) atoms. The molecule has 0 fully saturated rings. The lowest BCUT2D eigenvalue weighted by molar-refractivity contribution is -0.384. The van der Waals surface area contributed by atoms with Crippen molar-refractivity contribution in [3.8, 4) is 0 Å². The van der Waals surface area contributed by atoms with Crippen LogP contribution in [0.1, 0.15) is 21.5 Å². The van der Waals surface area contributed by atoms with Gasteiger partial charge >= 0.3 is 5.97 Å². The Kier molecular flexibility index (Phi) is 4.55. The van der Waals surface area contributed by atoms with Gasteiger partial charge in [0.05, 0.1) is 10.5 Å². The average molecular weight is 314 g/mol. The maximum absolute atomic E-state index is 11.9. The van der Waals surface area contributed by atoms with Gasteiger partial charge in [0.2, 0.25) is 0 Å².